The van der Waals surface area contributed by atoms with Gasteiger partial charge in [0, 0.05) is 0 Å². The van der Waals surface area contributed by atoms with Crippen molar-refractivity contribution in [3.63, 3.8) is 0 Å². The summed E-state index contributed by atoms with van der Waals surface area (Å²) in [4.78, 5) is 16.9. The van der Waals surface area contributed by atoms with Gasteiger partial charge in [-0.05, 0) is 0 Å². The van der Waals surface area contributed by atoms with Crippen LogP contribution >= 0.6 is 0 Å². The van der Waals surface area contributed by atoms with Gasteiger partial charge in [0.2, 0.25) is 0 Å². The minimum atomic E-state index is -0.732. The molecule has 2 aromatic rings. The van der Waals surface area contributed by atoms with Crippen molar-refractivity contribution < 1.29 is 9.18 Å². The summed E-state index contributed by atoms with van der Waals surface area (Å²) in [7, 11) is 0. The molecule has 1 amide bonds. The molecular formula is C19H16AsFN3O. The van der Waals surface area contributed by atoms with Crippen LogP contribution in [0.4, 0.5) is 4.39 Å². The van der Waals surface area contributed by atoms with E-state index in [4.69, 9.17) is 11.7 Å². The number of nitriles is 1. The van der Waals surface area contributed by atoms with Crippen molar-refractivity contribution in [3.05, 3.63) is 53.5 Å². The van der Waals surface area contributed by atoms with Crippen LogP contribution in [0.1, 0.15) is 36.2 Å². The number of carbonyl (C=O) groups excluding carboxylic acids is 1. The van der Waals surface area contributed by atoms with Crippen LogP contribution in [-0.2, 0) is 0 Å². The molecule has 1 aromatic heterocycles. The molecule has 1 atom stereocenters. The molecule has 0 aliphatic heterocycles. The van der Waals surface area contributed by atoms with Gasteiger partial charge >= 0.3 is 153 Å². The van der Waals surface area contributed by atoms with Gasteiger partial charge in [-0.15, -0.1) is 0 Å². The van der Waals surface area contributed by atoms with Gasteiger partial charge in [0.05, 0.1) is 0 Å². The first-order valence-corrected chi connectivity index (χ1v) is 9.47. The van der Waals surface area contributed by atoms with Gasteiger partial charge < -0.3 is 0 Å². The van der Waals surface area contributed by atoms with E-state index in [1.165, 1.54) is 12.1 Å². The second kappa shape index (κ2) is 7.97. The number of pyridine rings is 1. The molecule has 0 saturated carbocycles. The third-order valence-corrected chi connectivity index (χ3v) is 6.07. The minimum absolute atomic E-state index is 0.0133. The number of nitrogens with zero attached hydrogens (tertiary/aromatic N) is 2. The van der Waals surface area contributed by atoms with Crippen LogP contribution in [-0.4, -0.2) is 32.2 Å². The van der Waals surface area contributed by atoms with Crippen molar-refractivity contribution >= 4 is 30.5 Å². The molecule has 2 rings (SSSR count). The van der Waals surface area contributed by atoms with Crippen LogP contribution in [0.25, 0.3) is 0 Å². The van der Waals surface area contributed by atoms with Crippen molar-refractivity contribution in [2.75, 3.05) is 0 Å². The second-order valence-electron chi connectivity index (χ2n) is 5.55. The number of amides is 1. The molecule has 0 unspecified atom stereocenters. The Labute approximate surface area is 153 Å². The SMILES string of the molecule is C#C[C@](C)(CC)NC(=O)c1cccnc1[As]c1ccc(F)c(C#N)c1. The molecular weight excluding hydrogens is 380 g/mol. The number of benzene rings is 1. The Hall–Kier alpha value is -2.62. The zero-order valence-corrected chi connectivity index (χ0v) is 15.8. The summed E-state index contributed by atoms with van der Waals surface area (Å²) >= 11 is -0.684. The van der Waals surface area contributed by atoms with E-state index in [0.29, 0.717) is 16.5 Å². The summed E-state index contributed by atoms with van der Waals surface area (Å²) in [6.07, 6.45) is 7.72. The number of aromatic nitrogens is 1. The molecule has 25 heavy (non-hydrogen) atoms. The van der Waals surface area contributed by atoms with Crippen LogP contribution in [0.15, 0.2) is 36.5 Å². The van der Waals surface area contributed by atoms with E-state index in [1.807, 2.05) is 13.0 Å². The number of carbonyl (C=O) groups is 1. The fourth-order valence-corrected chi connectivity index (χ4v) is 4.11. The molecule has 6 heteroatoms. The van der Waals surface area contributed by atoms with E-state index in [1.54, 1.807) is 31.3 Å². The fraction of sp³-hybridized carbons (Fsp3) is 0.211. The van der Waals surface area contributed by atoms with Crippen LogP contribution in [0, 0.1) is 29.5 Å². The molecule has 4 nitrogen and oxygen atoms in total. The predicted molar refractivity (Wildman–Crippen MR) is 95.4 cm³/mol. The summed E-state index contributed by atoms with van der Waals surface area (Å²) < 4.78 is 14.9. The number of hydrogen-bond donors (Lipinski definition) is 1. The normalized spacial score (nSPS) is 13.0. The first kappa shape index (κ1) is 18.7. The van der Waals surface area contributed by atoms with Crippen molar-refractivity contribution in [1.82, 2.24) is 10.3 Å². The van der Waals surface area contributed by atoms with Gasteiger partial charge in [-0.3, -0.25) is 0 Å². The monoisotopic (exact) mass is 396 g/mol. The number of terminal acetylenes is 1. The topological polar surface area (TPSA) is 65.8 Å². The summed E-state index contributed by atoms with van der Waals surface area (Å²) in [5.74, 6) is 1.75. The van der Waals surface area contributed by atoms with Crippen molar-refractivity contribution in [2.24, 2.45) is 0 Å². The Kier molecular flexibility index (Phi) is 5.96. The summed E-state index contributed by atoms with van der Waals surface area (Å²) in [5.41, 5.74) is -0.300. The quantitative estimate of drug-likeness (QED) is 0.612. The van der Waals surface area contributed by atoms with Crippen molar-refractivity contribution in [2.45, 2.75) is 25.8 Å². The van der Waals surface area contributed by atoms with E-state index in [9.17, 15) is 9.18 Å². The summed E-state index contributed by atoms with van der Waals surface area (Å²) in [6.45, 7) is 3.69. The van der Waals surface area contributed by atoms with Gasteiger partial charge in [-0.2, -0.15) is 0 Å². The van der Waals surface area contributed by atoms with E-state index >= 15 is 0 Å². The Morgan fingerprint density at radius 1 is 1.48 bits per heavy atom. The van der Waals surface area contributed by atoms with E-state index in [0.717, 1.165) is 4.35 Å². The Morgan fingerprint density at radius 2 is 2.24 bits per heavy atom. The molecule has 0 fully saturated rings. The van der Waals surface area contributed by atoms with E-state index in [2.05, 4.69) is 16.2 Å². The summed E-state index contributed by atoms with van der Waals surface area (Å²) in [5, 5.41) is 11.8. The van der Waals surface area contributed by atoms with Crippen LogP contribution in [0.5, 0.6) is 0 Å². The molecule has 0 spiro atoms. The second-order valence-corrected chi connectivity index (χ2v) is 7.99. The van der Waals surface area contributed by atoms with Crippen LogP contribution in [0.2, 0.25) is 0 Å². The Bertz CT molecular complexity index is 885. The Morgan fingerprint density at radius 3 is 2.88 bits per heavy atom. The van der Waals surface area contributed by atoms with Gasteiger partial charge in [0.1, 0.15) is 0 Å². The fourth-order valence-electron chi connectivity index (χ4n) is 2.00. The zero-order valence-electron chi connectivity index (χ0n) is 13.9. The molecule has 1 aromatic carbocycles. The molecule has 0 saturated heterocycles. The van der Waals surface area contributed by atoms with Gasteiger partial charge in [0.15, 0.2) is 0 Å². The molecule has 125 valence electrons. The van der Waals surface area contributed by atoms with Crippen LogP contribution in [0.3, 0.4) is 0 Å². The van der Waals surface area contributed by atoms with E-state index in [-0.39, 0.29) is 11.5 Å². The van der Waals surface area contributed by atoms with Gasteiger partial charge in [0.25, 0.3) is 0 Å². The maximum atomic E-state index is 13.5. The van der Waals surface area contributed by atoms with Gasteiger partial charge in [-0.25, -0.2) is 0 Å². The molecule has 0 aliphatic rings. The number of hydrogen-bond acceptors (Lipinski definition) is 3. The van der Waals surface area contributed by atoms with E-state index < -0.39 is 27.1 Å². The zero-order chi connectivity index (χ0) is 18.4. The third-order valence-electron chi connectivity index (χ3n) is 3.75. The molecule has 1 radical (unpaired) electrons. The first-order chi connectivity index (χ1) is 11.9. The molecule has 1 N–H and O–H groups in total. The van der Waals surface area contributed by atoms with Crippen molar-refractivity contribution in [1.29, 1.82) is 5.26 Å². The Balaban J connectivity index is 2.31. The van der Waals surface area contributed by atoms with Crippen molar-refractivity contribution in [3.8, 4) is 18.4 Å². The number of halogens is 1. The molecule has 0 bridgehead atoms. The average molecular weight is 396 g/mol. The number of nitrogens with one attached hydrogen (secondary N) is 1. The summed E-state index contributed by atoms with van der Waals surface area (Å²) in [6, 6.07) is 9.58. The number of rotatable bonds is 5. The molecule has 1 heterocycles. The van der Waals surface area contributed by atoms with Crippen LogP contribution < -0.4 is 14.1 Å². The first-order valence-electron chi connectivity index (χ1n) is 7.59. The third kappa shape index (κ3) is 4.47. The average Bonchev–Trinajstić information content (AvgIpc) is 2.63. The maximum absolute atomic E-state index is 13.5. The predicted octanol–water partition coefficient (Wildman–Crippen LogP) is 1.28. The molecule has 0 aliphatic carbocycles. The standard InChI is InChI=1S/C19H16AsFN3O/c1-4-19(3,5-2)24-18(25)15-7-6-10-23-17(15)20-14-8-9-16(21)13(11-14)12-22/h1,6-11H,5H2,2-3H3,(H,24,25)/t19-/m1/s1. The van der Waals surface area contributed by atoms with Gasteiger partial charge in [-0.1, -0.05) is 0 Å².